The Kier molecular flexibility index (Phi) is 5.58. The van der Waals surface area contributed by atoms with Crippen LogP contribution in [0.2, 0.25) is 0 Å². The van der Waals surface area contributed by atoms with Crippen LogP contribution in [0.5, 0.6) is 23.0 Å². The number of ketones is 1. The summed E-state index contributed by atoms with van der Waals surface area (Å²) >= 11 is 0. The number of esters is 1. The highest BCUT2D eigenvalue weighted by Gasteiger charge is 2.17. The van der Waals surface area contributed by atoms with E-state index in [-0.39, 0.29) is 32.2 Å². The number of methoxy groups -OCH3 is 1. The van der Waals surface area contributed by atoms with E-state index in [0.29, 0.717) is 22.8 Å². The van der Waals surface area contributed by atoms with Crippen LogP contribution in [0.4, 0.5) is 0 Å². The molecule has 0 atom stereocenters. The van der Waals surface area contributed by atoms with Crippen molar-refractivity contribution in [3.8, 4) is 23.0 Å². The largest absolute Gasteiger partial charge is 0.497 e. The molecule has 1 aliphatic rings. The first-order valence-corrected chi connectivity index (χ1v) is 8.01. The van der Waals surface area contributed by atoms with Crippen molar-refractivity contribution in [1.82, 2.24) is 0 Å². The van der Waals surface area contributed by atoms with Gasteiger partial charge >= 0.3 is 5.97 Å². The van der Waals surface area contributed by atoms with Gasteiger partial charge in [-0.2, -0.15) is 0 Å². The van der Waals surface area contributed by atoms with Gasteiger partial charge in [0.1, 0.15) is 11.5 Å². The average Bonchev–Trinajstić information content (AvgIpc) is 3.14. The van der Waals surface area contributed by atoms with Gasteiger partial charge in [0.15, 0.2) is 23.9 Å². The molecule has 7 heteroatoms. The Hall–Kier alpha value is -3.22. The van der Waals surface area contributed by atoms with E-state index in [1.807, 2.05) is 0 Å². The average molecular weight is 358 g/mol. The molecule has 7 nitrogen and oxygen atoms in total. The molecule has 0 saturated carbocycles. The maximum Gasteiger partial charge on any atom is 0.309 e. The van der Waals surface area contributed by atoms with Crippen molar-refractivity contribution in [2.45, 2.75) is 6.42 Å². The Morgan fingerprint density at radius 3 is 2.50 bits per heavy atom. The molecule has 2 aromatic rings. The molecule has 2 aromatic carbocycles. The van der Waals surface area contributed by atoms with Crippen LogP contribution in [0.25, 0.3) is 0 Å². The van der Waals surface area contributed by atoms with E-state index >= 15 is 0 Å². The van der Waals surface area contributed by atoms with Gasteiger partial charge in [0.25, 0.3) is 0 Å². The predicted octanol–water partition coefficient (Wildman–Crippen LogP) is 2.62. The third-order valence-corrected chi connectivity index (χ3v) is 3.69. The van der Waals surface area contributed by atoms with E-state index < -0.39 is 5.97 Å². The summed E-state index contributed by atoms with van der Waals surface area (Å²) in [5.41, 5.74) is 0.400. The van der Waals surface area contributed by atoms with Gasteiger partial charge in [0, 0.05) is 5.56 Å². The minimum absolute atomic E-state index is 0.0421. The van der Waals surface area contributed by atoms with Crippen molar-refractivity contribution in [2.24, 2.45) is 0 Å². The number of hydrogen-bond acceptors (Lipinski definition) is 7. The summed E-state index contributed by atoms with van der Waals surface area (Å²) in [6.45, 7) is -0.0411. The van der Waals surface area contributed by atoms with Gasteiger partial charge in [-0.25, -0.2) is 0 Å². The molecule has 0 spiro atoms. The van der Waals surface area contributed by atoms with E-state index in [2.05, 4.69) is 0 Å². The first-order valence-electron chi connectivity index (χ1n) is 8.01. The molecule has 0 amide bonds. The van der Waals surface area contributed by atoms with Crippen LogP contribution in [-0.2, 0) is 9.53 Å². The lowest BCUT2D eigenvalue weighted by molar-refractivity contribution is -0.143. The summed E-state index contributed by atoms with van der Waals surface area (Å²) in [6, 6.07) is 11.8. The summed E-state index contributed by atoms with van der Waals surface area (Å²) in [5.74, 6) is 1.62. The van der Waals surface area contributed by atoms with Crippen molar-refractivity contribution < 1.29 is 33.3 Å². The number of benzene rings is 2. The van der Waals surface area contributed by atoms with E-state index in [0.717, 1.165) is 5.75 Å². The second kappa shape index (κ2) is 8.24. The highest BCUT2D eigenvalue weighted by Crippen LogP contribution is 2.32. The lowest BCUT2D eigenvalue weighted by atomic mass is 10.1. The second-order valence-electron chi connectivity index (χ2n) is 5.43. The quantitative estimate of drug-likeness (QED) is 0.530. The molecular weight excluding hydrogens is 340 g/mol. The van der Waals surface area contributed by atoms with E-state index in [9.17, 15) is 9.59 Å². The van der Waals surface area contributed by atoms with Crippen molar-refractivity contribution >= 4 is 11.8 Å². The first kappa shape index (κ1) is 17.6. The highest BCUT2D eigenvalue weighted by atomic mass is 16.7. The Morgan fingerprint density at radius 2 is 1.73 bits per heavy atom. The Morgan fingerprint density at radius 1 is 1.00 bits per heavy atom. The molecule has 0 fully saturated rings. The molecule has 1 aliphatic heterocycles. The van der Waals surface area contributed by atoms with Gasteiger partial charge < -0.3 is 23.7 Å². The van der Waals surface area contributed by atoms with Gasteiger partial charge in [-0.05, 0) is 42.5 Å². The highest BCUT2D eigenvalue weighted by molar-refractivity contribution is 5.98. The van der Waals surface area contributed by atoms with Crippen molar-refractivity contribution in [3.05, 3.63) is 48.0 Å². The molecule has 0 radical (unpaired) electrons. The minimum atomic E-state index is -0.507. The standard InChI is InChI=1S/C19H18O7/c1-22-14-3-5-15(6-4-14)23-9-8-19(21)24-11-16(20)13-2-7-17-18(10-13)26-12-25-17/h2-7,10H,8-9,11-12H2,1H3. The van der Waals surface area contributed by atoms with Gasteiger partial charge in [-0.15, -0.1) is 0 Å². The lowest BCUT2D eigenvalue weighted by Crippen LogP contribution is -2.16. The summed E-state index contributed by atoms with van der Waals surface area (Å²) in [7, 11) is 1.58. The maximum absolute atomic E-state index is 12.1. The van der Waals surface area contributed by atoms with Gasteiger partial charge in [0.2, 0.25) is 6.79 Å². The molecule has 0 saturated heterocycles. The van der Waals surface area contributed by atoms with Crippen LogP contribution in [0.3, 0.4) is 0 Å². The monoisotopic (exact) mass is 358 g/mol. The molecule has 0 aromatic heterocycles. The van der Waals surface area contributed by atoms with Gasteiger partial charge in [0.05, 0.1) is 20.1 Å². The molecule has 0 aliphatic carbocycles. The number of Topliss-reactive ketones (excluding diaryl/α,β-unsaturated/α-hetero) is 1. The van der Waals surface area contributed by atoms with Crippen LogP contribution in [0.1, 0.15) is 16.8 Å². The molecule has 3 rings (SSSR count). The van der Waals surface area contributed by atoms with Gasteiger partial charge in [-0.3, -0.25) is 9.59 Å². The fourth-order valence-corrected chi connectivity index (χ4v) is 2.30. The summed E-state index contributed by atoms with van der Waals surface area (Å²) in [4.78, 5) is 23.8. The van der Waals surface area contributed by atoms with Crippen molar-refractivity contribution in [2.75, 3.05) is 27.1 Å². The fraction of sp³-hybridized carbons (Fsp3) is 0.263. The topological polar surface area (TPSA) is 80.3 Å². The Labute approximate surface area is 150 Å². The molecular formula is C19H18O7. The zero-order valence-corrected chi connectivity index (χ0v) is 14.2. The number of fused-ring (bicyclic) bond motifs is 1. The number of carbonyl (C=O) groups excluding carboxylic acids is 2. The number of ether oxygens (including phenoxy) is 5. The molecule has 136 valence electrons. The van der Waals surface area contributed by atoms with Crippen molar-refractivity contribution in [3.63, 3.8) is 0 Å². The van der Waals surface area contributed by atoms with Crippen molar-refractivity contribution in [1.29, 1.82) is 0 Å². The van der Waals surface area contributed by atoms with Gasteiger partial charge in [-0.1, -0.05) is 0 Å². The number of rotatable bonds is 8. The molecule has 1 heterocycles. The zero-order chi connectivity index (χ0) is 18.4. The second-order valence-corrected chi connectivity index (χ2v) is 5.43. The first-order chi connectivity index (χ1) is 12.7. The van der Waals surface area contributed by atoms with Crippen LogP contribution >= 0.6 is 0 Å². The molecule has 0 bridgehead atoms. The van der Waals surface area contributed by atoms with Crippen LogP contribution < -0.4 is 18.9 Å². The summed E-state index contributed by atoms with van der Waals surface area (Å²) in [5, 5.41) is 0. The van der Waals surface area contributed by atoms with E-state index in [1.54, 1.807) is 49.6 Å². The smallest absolute Gasteiger partial charge is 0.309 e. The predicted molar refractivity (Wildman–Crippen MR) is 91.0 cm³/mol. The maximum atomic E-state index is 12.1. The number of carbonyl (C=O) groups is 2. The lowest BCUT2D eigenvalue weighted by Gasteiger charge is -2.07. The third kappa shape index (κ3) is 4.44. The molecule has 0 N–H and O–H groups in total. The SMILES string of the molecule is COc1ccc(OCCC(=O)OCC(=O)c2ccc3c(c2)OCO3)cc1. The Bertz CT molecular complexity index is 783. The summed E-state index contributed by atoms with van der Waals surface area (Å²) in [6.07, 6.45) is 0.0421. The third-order valence-electron chi connectivity index (χ3n) is 3.69. The zero-order valence-electron chi connectivity index (χ0n) is 14.2. The Balaban J connectivity index is 1.40. The normalized spacial score (nSPS) is 11.7. The fourth-order valence-electron chi connectivity index (χ4n) is 2.30. The van der Waals surface area contributed by atoms with Crippen LogP contribution in [-0.4, -0.2) is 38.9 Å². The number of hydrogen-bond donors (Lipinski definition) is 0. The minimum Gasteiger partial charge on any atom is -0.497 e. The van der Waals surface area contributed by atoms with Crippen LogP contribution in [0, 0.1) is 0 Å². The van der Waals surface area contributed by atoms with E-state index in [1.165, 1.54) is 0 Å². The van der Waals surface area contributed by atoms with Crippen LogP contribution in [0.15, 0.2) is 42.5 Å². The molecule has 0 unspecified atom stereocenters. The summed E-state index contributed by atoms with van der Waals surface area (Å²) < 4.78 is 25.9. The molecule has 26 heavy (non-hydrogen) atoms. The van der Waals surface area contributed by atoms with E-state index in [4.69, 9.17) is 23.7 Å².